The number of thiazole rings is 1. The minimum Gasteiger partial charge on any atom is -0.350 e. The molecule has 6 heteroatoms. The first-order valence-electron chi connectivity index (χ1n) is 5.15. The van der Waals surface area contributed by atoms with Gasteiger partial charge in [0.15, 0.2) is 0 Å². The minimum absolute atomic E-state index is 0.0604. The number of amides is 1. The fraction of sp³-hybridized carbons (Fsp3) is 0.273. The van der Waals surface area contributed by atoms with Crippen molar-refractivity contribution in [1.29, 1.82) is 0 Å². The van der Waals surface area contributed by atoms with Gasteiger partial charge in [-0.25, -0.2) is 4.98 Å². The molecule has 0 aliphatic rings. The molecule has 0 atom stereocenters. The first-order chi connectivity index (χ1) is 8.16. The van der Waals surface area contributed by atoms with Gasteiger partial charge in [-0.05, 0) is 22.0 Å². The maximum atomic E-state index is 11.8. The summed E-state index contributed by atoms with van der Waals surface area (Å²) in [6.45, 7) is 0.606. The molecule has 0 saturated carbocycles. The highest BCUT2D eigenvalue weighted by molar-refractivity contribution is 9.10. The van der Waals surface area contributed by atoms with Crippen molar-refractivity contribution in [1.82, 2.24) is 14.9 Å². The first kappa shape index (κ1) is 12.3. The summed E-state index contributed by atoms with van der Waals surface area (Å²) in [5.41, 5.74) is 0.649. The molecule has 4 nitrogen and oxygen atoms in total. The maximum absolute atomic E-state index is 11.8. The van der Waals surface area contributed by atoms with Crippen LogP contribution in [0.15, 0.2) is 28.3 Å². The van der Waals surface area contributed by atoms with Crippen LogP contribution in [-0.4, -0.2) is 22.0 Å². The molecule has 0 aliphatic carbocycles. The van der Waals surface area contributed by atoms with Crippen LogP contribution in [0.2, 0.25) is 0 Å². The molecule has 2 rings (SSSR count). The normalized spacial score (nSPS) is 10.5. The molecule has 2 aromatic rings. The van der Waals surface area contributed by atoms with Crippen LogP contribution in [0.5, 0.6) is 0 Å². The van der Waals surface area contributed by atoms with Crippen LogP contribution < -0.4 is 5.32 Å². The third-order valence-corrected chi connectivity index (χ3v) is 3.59. The van der Waals surface area contributed by atoms with Crippen LogP contribution in [0, 0.1) is 0 Å². The summed E-state index contributed by atoms with van der Waals surface area (Å²) in [4.78, 5) is 16.0. The van der Waals surface area contributed by atoms with Crippen molar-refractivity contribution in [2.75, 3.05) is 6.54 Å². The lowest BCUT2D eigenvalue weighted by Gasteiger charge is -2.04. The van der Waals surface area contributed by atoms with E-state index >= 15 is 0 Å². The van der Waals surface area contributed by atoms with E-state index in [-0.39, 0.29) is 5.91 Å². The predicted molar refractivity (Wildman–Crippen MR) is 71.3 cm³/mol. The van der Waals surface area contributed by atoms with E-state index < -0.39 is 0 Å². The lowest BCUT2D eigenvalue weighted by Crippen LogP contribution is -2.27. The van der Waals surface area contributed by atoms with Crippen molar-refractivity contribution in [3.05, 3.63) is 39.0 Å². The van der Waals surface area contributed by atoms with Gasteiger partial charge in [0.25, 0.3) is 5.91 Å². The Morgan fingerprint density at radius 3 is 3.06 bits per heavy atom. The van der Waals surface area contributed by atoms with Crippen LogP contribution in [-0.2, 0) is 13.5 Å². The van der Waals surface area contributed by atoms with E-state index in [1.807, 2.05) is 18.6 Å². The van der Waals surface area contributed by atoms with Crippen LogP contribution in [0.4, 0.5) is 0 Å². The van der Waals surface area contributed by atoms with Crippen LogP contribution >= 0.6 is 27.3 Å². The quantitative estimate of drug-likeness (QED) is 0.940. The van der Waals surface area contributed by atoms with Gasteiger partial charge in [-0.15, -0.1) is 11.3 Å². The molecule has 0 radical (unpaired) electrons. The number of hydrogen-bond donors (Lipinski definition) is 1. The van der Waals surface area contributed by atoms with E-state index in [1.54, 1.807) is 28.2 Å². The molecule has 2 heterocycles. The van der Waals surface area contributed by atoms with Gasteiger partial charge in [-0.3, -0.25) is 4.79 Å². The Hall–Kier alpha value is -1.14. The molecule has 90 valence electrons. The summed E-state index contributed by atoms with van der Waals surface area (Å²) in [5, 5.41) is 5.85. The number of carbonyl (C=O) groups excluding carboxylic acids is 1. The number of aromatic nitrogens is 2. The lowest BCUT2D eigenvalue weighted by atomic mass is 10.3. The summed E-state index contributed by atoms with van der Waals surface area (Å²) in [7, 11) is 1.85. The molecule has 0 unspecified atom stereocenters. The highest BCUT2D eigenvalue weighted by atomic mass is 79.9. The molecule has 0 fully saturated rings. The molecule has 17 heavy (non-hydrogen) atoms. The third kappa shape index (κ3) is 3.17. The minimum atomic E-state index is -0.0604. The Balaban J connectivity index is 1.87. The molecule has 1 amide bonds. The van der Waals surface area contributed by atoms with Crippen LogP contribution in [0.3, 0.4) is 0 Å². The summed E-state index contributed by atoms with van der Waals surface area (Å²) in [6, 6.07) is 1.80. The molecular formula is C11H12BrN3OS. The Kier molecular flexibility index (Phi) is 3.96. The molecule has 1 N–H and O–H groups in total. The highest BCUT2D eigenvalue weighted by Crippen LogP contribution is 2.13. The predicted octanol–water partition coefficient (Wildman–Crippen LogP) is 2.22. The summed E-state index contributed by atoms with van der Waals surface area (Å²) < 4.78 is 2.70. The van der Waals surface area contributed by atoms with Crippen molar-refractivity contribution >= 4 is 33.2 Å². The second kappa shape index (κ2) is 5.46. The van der Waals surface area contributed by atoms with Gasteiger partial charge < -0.3 is 9.88 Å². The molecular weight excluding hydrogens is 302 g/mol. The summed E-state index contributed by atoms with van der Waals surface area (Å²) in [5.74, 6) is -0.0604. The number of nitrogens with zero attached hydrogens (tertiary/aromatic N) is 2. The molecule has 2 aromatic heterocycles. The SMILES string of the molecule is Cn1cc(Br)cc1C(=O)NCCc1nccs1. The van der Waals surface area contributed by atoms with Crippen molar-refractivity contribution < 1.29 is 4.79 Å². The Morgan fingerprint density at radius 2 is 2.47 bits per heavy atom. The smallest absolute Gasteiger partial charge is 0.267 e. The van der Waals surface area contributed by atoms with Gasteiger partial charge in [0.05, 0.1) is 5.01 Å². The fourth-order valence-corrected chi connectivity index (χ4v) is 2.64. The monoisotopic (exact) mass is 313 g/mol. The third-order valence-electron chi connectivity index (χ3n) is 2.31. The molecule has 0 spiro atoms. The first-order valence-corrected chi connectivity index (χ1v) is 6.82. The number of nitrogens with one attached hydrogen (secondary N) is 1. The number of rotatable bonds is 4. The molecule has 0 aromatic carbocycles. The van der Waals surface area contributed by atoms with E-state index in [1.165, 1.54) is 0 Å². The second-order valence-corrected chi connectivity index (χ2v) is 5.48. The van der Waals surface area contributed by atoms with Crippen molar-refractivity contribution in [3.8, 4) is 0 Å². The number of aryl methyl sites for hydroxylation is 1. The van der Waals surface area contributed by atoms with E-state index in [0.717, 1.165) is 15.9 Å². The van der Waals surface area contributed by atoms with Crippen molar-refractivity contribution in [3.63, 3.8) is 0 Å². The zero-order chi connectivity index (χ0) is 12.3. The second-order valence-electron chi connectivity index (χ2n) is 3.59. The van der Waals surface area contributed by atoms with E-state index in [9.17, 15) is 4.79 Å². The molecule has 0 aliphatic heterocycles. The topological polar surface area (TPSA) is 46.9 Å². The Bertz CT molecular complexity index is 507. The summed E-state index contributed by atoms with van der Waals surface area (Å²) >= 11 is 4.94. The lowest BCUT2D eigenvalue weighted by molar-refractivity contribution is 0.0946. The van der Waals surface area contributed by atoms with E-state index in [0.29, 0.717) is 12.2 Å². The van der Waals surface area contributed by atoms with E-state index in [4.69, 9.17) is 0 Å². The Labute approximate surface area is 112 Å². The van der Waals surface area contributed by atoms with Gasteiger partial charge in [-0.2, -0.15) is 0 Å². The Morgan fingerprint density at radius 1 is 1.65 bits per heavy atom. The van der Waals surface area contributed by atoms with Crippen molar-refractivity contribution in [2.24, 2.45) is 7.05 Å². The standard InChI is InChI=1S/C11H12BrN3OS/c1-15-7-8(12)6-9(15)11(16)14-3-2-10-13-4-5-17-10/h4-7H,2-3H2,1H3,(H,14,16). The highest BCUT2D eigenvalue weighted by Gasteiger charge is 2.10. The zero-order valence-corrected chi connectivity index (χ0v) is 11.7. The van der Waals surface area contributed by atoms with Gasteiger partial charge in [0.1, 0.15) is 5.69 Å². The van der Waals surface area contributed by atoms with Gasteiger partial charge in [0.2, 0.25) is 0 Å². The maximum Gasteiger partial charge on any atom is 0.267 e. The number of hydrogen-bond acceptors (Lipinski definition) is 3. The average molecular weight is 314 g/mol. The van der Waals surface area contributed by atoms with Gasteiger partial charge in [0, 0.05) is 42.3 Å². The zero-order valence-electron chi connectivity index (χ0n) is 9.31. The average Bonchev–Trinajstić information content (AvgIpc) is 2.88. The molecule has 0 bridgehead atoms. The van der Waals surface area contributed by atoms with Gasteiger partial charge in [-0.1, -0.05) is 0 Å². The fourth-order valence-electron chi connectivity index (χ4n) is 1.50. The van der Waals surface area contributed by atoms with Crippen molar-refractivity contribution in [2.45, 2.75) is 6.42 Å². The van der Waals surface area contributed by atoms with Gasteiger partial charge >= 0.3 is 0 Å². The largest absolute Gasteiger partial charge is 0.350 e. The van der Waals surface area contributed by atoms with Crippen LogP contribution in [0.1, 0.15) is 15.5 Å². The molecule has 0 saturated heterocycles. The number of carbonyl (C=O) groups is 1. The summed E-state index contributed by atoms with van der Waals surface area (Å²) in [6.07, 6.45) is 4.40. The van der Waals surface area contributed by atoms with E-state index in [2.05, 4.69) is 26.2 Å². The number of halogens is 1. The van der Waals surface area contributed by atoms with Crippen LogP contribution in [0.25, 0.3) is 0 Å².